The lowest BCUT2D eigenvalue weighted by Gasteiger charge is -2.48. The van der Waals surface area contributed by atoms with E-state index in [1.54, 1.807) is 11.1 Å². The van der Waals surface area contributed by atoms with E-state index in [1.165, 1.54) is 22.3 Å². The van der Waals surface area contributed by atoms with Crippen LogP contribution < -0.4 is 0 Å². The topological polar surface area (TPSA) is 0 Å². The summed E-state index contributed by atoms with van der Waals surface area (Å²) in [7, 11) is 0. The summed E-state index contributed by atoms with van der Waals surface area (Å²) in [6.45, 7) is 23.2. The Morgan fingerprint density at radius 1 is 0.630 bits per heavy atom. The lowest BCUT2D eigenvalue weighted by molar-refractivity contribution is 0.257. The SMILES string of the molecule is C=CCCC(C)(C)C1=CC=C(C(c2ccccc2)(c2ccccc2)C2C3C=C(C(C)(C)C)C=CC3C3C=CC(C(C)(C)C)=CC32)C1. The van der Waals surface area contributed by atoms with Crippen molar-refractivity contribution in [3.63, 3.8) is 0 Å². The Labute approximate surface area is 280 Å². The Bertz CT molecular complexity index is 1530. The van der Waals surface area contributed by atoms with Crippen LogP contribution in [0.4, 0.5) is 0 Å². The summed E-state index contributed by atoms with van der Waals surface area (Å²) in [5, 5.41) is 0. The molecule has 4 unspecified atom stereocenters. The fourth-order valence-corrected chi connectivity index (χ4v) is 9.15. The van der Waals surface area contributed by atoms with Gasteiger partial charge in [0.25, 0.3) is 0 Å². The first-order valence-corrected chi connectivity index (χ1v) is 17.7. The van der Waals surface area contributed by atoms with E-state index in [-0.39, 0.29) is 21.7 Å². The molecule has 4 aliphatic carbocycles. The molecule has 4 atom stereocenters. The molecule has 1 fully saturated rings. The molecule has 0 saturated heterocycles. The molecule has 240 valence electrons. The van der Waals surface area contributed by atoms with Crippen molar-refractivity contribution in [3.05, 3.63) is 155 Å². The van der Waals surface area contributed by atoms with Crippen molar-refractivity contribution in [2.24, 2.45) is 45.8 Å². The maximum Gasteiger partial charge on any atom is 0.0457 e. The van der Waals surface area contributed by atoms with Crippen LogP contribution in [0.2, 0.25) is 0 Å². The number of benzene rings is 2. The van der Waals surface area contributed by atoms with Gasteiger partial charge in [0.1, 0.15) is 0 Å². The molecular formula is C46H56. The standard InChI is InChI=1S/C46H56/c1-10-11-28-45(8,9)36-22-23-37(29-36)46(32-18-14-12-15-19-32,33-20-16-13-17-21-33)42-40-30-34(43(2,3)4)24-26-38(40)39-27-25-35(31-41(39)42)44(5,6)7/h10,12-27,30-31,38-42H,1,11,28-29H2,2-9H3. The maximum atomic E-state index is 4.05. The van der Waals surface area contributed by atoms with E-state index in [4.69, 9.17) is 0 Å². The van der Waals surface area contributed by atoms with Gasteiger partial charge in [0.2, 0.25) is 0 Å². The van der Waals surface area contributed by atoms with Crippen LogP contribution in [-0.2, 0) is 5.41 Å². The molecule has 0 spiro atoms. The number of fused-ring (bicyclic) bond motifs is 3. The normalized spacial score (nSPS) is 26.1. The Morgan fingerprint density at radius 3 is 1.52 bits per heavy atom. The molecule has 1 saturated carbocycles. The third-order valence-corrected chi connectivity index (χ3v) is 11.8. The van der Waals surface area contributed by atoms with Crippen molar-refractivity contribution in [3.8, 4) is 0 Å². The van der Waals surface area contributed by atoms with Gasteiger partial charge in [0.05, 0.1) is 0 Å². The fourth-order valence-electron chi connectivity index (χ4n) is 9.15. The molecule has 0 radical (unpaired) electrons. The highest BCUT2D eigenvalue weighted by Crippen LogP contribution is 2.64. The minimum Gasteiger partial charge on any atom is -0.103 e. The Hall–Kier alpha value is -3.38. The highest BCUT2D eigenvalue weighted by Gasteiger charge is 2.59. The highest BCUT2D eigenvalue weighted by molar-refractivity contribution is 5.57. The quantitative estimate of drug-likeness (QED) is 0.262. The number of allylic oxidation sites excluding steroid dienone is 13. The molecule has 0 aliphatic heterocycles. The van der Waals surface area contributed by atoms with E-state index in [1.807, 2.05) is 0 Å². The van der Waals surface area contributed by atoms with Gasteiger partial charge in [-0.05, 0) is 87.4 Å². The summed E-state index contributed by atoms with van der Waals surface area (Å²) in [4.78, 5) is 0. The van der Waals surface area contributed by atoms with Gasteiger partial charge in [0.15, 0.2) is 0 Å². The lowest BCUT2D eigenvalue weighted by Crippen LogP contribution is -2.44. The molecule has 0 N–H and O–H groups in total. The molecule has 0 bridgehead atoms. The average molecular weight is 609 g/mol. The highest BCUT2D eigenvalue weighted by atomic mass is 14.6. The molecule has 4 aliphatic rings. The number of rotatable bonds is 8. The van der Waals surface area contributed by atoms with E-state index >= 15 is 0 Å². The van der Waals surface area contributed by atoms with Gasteiger partial charge < -0.3 is 0 Å². The first-order valence-electron chi connectivity index (χ1n) is 17.7. The molecular weight excluding hydrogens is 553 g/mol. The van der Waals surface area contributed by atoms with Crippen molar-refractivity contribution in [2.45, 2.75) is 80.1 Å². The second-order valence-electron chi connectivity index (χ2n) is 17.1. The molecule has 0 nitrogen and oxygen atoms in total. The molecule has 0 heteroatoms. The monoisotopic (exact) mass is 608 g/mol. The van der Waals surface area contributed by atoms with Crippen molar-refractivity contribution in [2.75, 3.05) is 0 Å². The molecule has 0 aromatic heterocycles. The molecule has 6 rings (SSSR count). The molecule has 2 aromatic rings. The summed E-state index contributed by atoms with van der Waals surface area (Å²) < 4.78 is 0. The zero-order chi connectivity index (χ0) is 32.9. The van der Waals surface area contributed by atoms with Gasteiger partial charge >= 0.3 is 0 Å². The third-order valence-electron chi connectivity index (χ3n) is 11.8. The van der Waals surface area contributed by atoms with E-state index in [0.717, 1.165) is 19.3 Å². The zero-order valence-corrected chi connectivity index (χ0v) is 29.7. The minimum atomic E-state index is -0.285. The van der Waals surface area contributed by atoms with E-state index < -0.39 is 0 Å². The van der Waals surface area contributed by atoms with Gasteiger partial charge in [-0.1, -0.05) is 182 Å². The van der Waals surface area contributed by atoms with Crippen molar-refractivity contribution < 1.29 is 0 Å². The zero-order valence-electron chi connectivity index (χ0n) is 29.7. The molecule has 0 heterocycles. The van der Waals surface area contributed by atoms with Crippen molar-refractivity contribution in [1.29, 1.82) is 0 Å². The van der Waals surface area contributed by atoms with Gasteiger partial charge in [-0.15, -0.1) is 6.58 Å². The van der Waals surface area contributed by atoms with Crippen LogP contribution in [0.3, 0.4) is 0 Å². The van der Waals surface area contributed by atoms with Crippen LogP contribution >= 0.6 is 0 Å². The number of hydrogen-bond acceptors (Lipinski definition) is 0. The summed E-state index contributed by atoms with van der Waals surface area (Å²) in [6, 6.07) is 23.2. The third kappa shape index (κ3) is 5.61. The predicted octanol–water partition coefficient (Wildman–Crippen LogP) is 12.4. The van der Waals surface area contributed by atoms with Crippen LogP contribution in [0.1, 0.15) is 85.8 Å². The van der Waals surface area contributed by atoms with Gasteiger partial charge in [-0.3, -0.25) is 0 Å². The van der Waals surface area contributed by atoms with E-state index in [9.17, 15) is 0 Å². The van der Waals surface area contributed by atoms with Crippen LogP contribution in [-0.4, -0.2) is 0 Å². The van der Waals surface area contributed by atoms with Crippen LogP contribution in [0.25, 0.3) is 0 Å². The Morgan fingerprint density at radius 2 is 1.09 bits per heavy atom. The van der Waals surface area contributed by atoms with Gasteiger partial charge in [-0.2, -0.15) is 0 Å². The fraction of sp³-hybridized carbons (Fsp3) is 0.435. The van der Waals surface area contributed by atoms with Gasteiger partial charge in [0, 0.05) is 5.41 Å². The van der Waals surface area contributed by atoms with E-state index in [0.29, 0.717) is 29.6 Å². The van der Waals surface area contributed by atoms with E-state index in [2.05, 4.69) is 177 Å². The van der Waals surface area contributed by atoms with Crippen molar-refractivity contribution >= 4 is 0 Å². The smallest absolute Gasteiger partial charge is 0.0457 e. The Kier molecular flexibility index (Phi) is 8.50. The first-order chi connectivity index (χ1) is 21.8. The summed E-state index contributed by atoms with van der Waals surface area (Å²) >= 11 is 0. The van der Waals surface area contributed by atoms with Crippen LogP contribution in [0.15, 0.2) is 144 Å². The van der Waals surface area contributed by atoms with Crippen LogP contribution in [0, 0.1) is 45.8 Å². The first kappa shape index (κ1) is 32.6. The molecule has 46 heavy (non-hydrogen) atoms. The van der Waals surface area contributed by atoms with Crippen molar-refractivity contribution in [1.82, 2.24) is 0 Å². The van der Waals surface area contributed by atoms with Gasteiger partial charge in [-0.25, -0.2) is 0 Å². The largest absolute Gasteiger partial charge is 0.103 e. The second kappa shape index (κ2) is 12.0. The molecule has 0 amide bonds. The summed E-state index contributed by atoms with van der Waals surface area (Å²) in [5.41, 5.74) is 8.93. The summed E-state index contributed by atoms with van der Waals surface area (Å²) in [6.07, 6.45) is 25.8. The second-order valence-corrected chi connectivity index (χ2v) is 17.1. The number of hydrogen-bond donors (Lipinski definition) is 0. The molecule has 2 aromatic carbocycles. The summed E-state index contributed by atoms with van der Waals surface area (Å²) in [5.74, 6) is 2.12. The Balaban J connectivity index is 1.63. The average Bonchev–Trinajstić information content (AvgIpc) is 3.65. The van der Waals surface area contributed by atoms with Crippen LogP contribution in [0.5, 0.6) is 0 Å². The minimum absolute atomic E-state index is 0.0979. The lowest BCUT2D eigenvalue weighted by atomic mass is 9.54. The maximum absolute atomic E-state index is 4.05. The predicted molar refractivity (Wildman–Crippen MR) is 198 cm³/mol.